The Bertz CT molecular complexity index is 411. The normalized spacial score (nSPS) is 12.2. The van der Waals surface area contributed by atoms with Crippen LogP contribution in [0.4, 0.5) is 4.39 Å². The van der Waals surface area contributed by atoms with Crippen LogP contribution in [0, 0.1) is 5.82 Å². The maximum atomic E-state index is 13.7. The van der Waals surface area contributed by atoms with Crippen LogP contribution in [-0.4, -0.2) is 24.7 Å². The van der Waals surface area contributed by atoms with E-state index in [0.29, 0.717) is 0 Å². The molecular weight excluding hydrogens is 237 g/mol. The van der Waals surface area contributed by atoms with Crippen molar-refractivity contribution < 1.29 is 19.0 Å². The summed E-state index contributed by atoms with van der Waals surface area (Å²) in [7, 11) is 1.27. The second kappa shape index (κ2) is 5.14. The first-order valence-electron chi connectivity index (χ1n) is 4.47. The van der Waals surface area contributed by atoms with Gasteiger partial charge in [-0.1, -0.05) is 11.6 Å². The SMILES string of the molecule is COc1cc(Cl)cc(C(CN)C(=O)O)c1F. The molecule has 4 nitrogen and oxygen atoms in total. The topological polar surface area (TPSA) is 72.5 Å². The van der Waals surface area contributed by atoms with Gasteiger partial charge >= 0.3 is 5.97 Å². The second-order valence-corrected chi connectivity index (χ2v) is 3.57. The van der Waals surface area contributed by atoms with Crippen molar-refractivity contribution in [2.24, 2.45) is 5.73 Å². The zero-order valence-electron chi connectivity index (χ0n) is 8.54. The zero-order chi connectivity index (χ0) is 12.3. The average Bonchev–Trinajstić information content (AvgIpc) is 2.23. The molecule has 3 N–H and O–H groups in total. The van der Waals surface area contributed by atoms with Crippen LogP contribution in [0.3, 0.4) is 0 Å². The van der Waals surface area contributed by atoms with Crippen molar-refractivity contribution in [2.45, 2.75) is 5.92 Å². The summed E-state index contributed by atoms with van der Waals surface area (Å²) in [4.78, 5) is 10.9. The fourth-order valence-electron chi connectivity index (χ4n) is 1.35. The highest BCUT2D eigenvalue weighted by atomic mass is 35.5. The molecule has 0 fully saturated rings. The maximum Gasteiger partial charge on any atom is 0.312 e. The lowest BCUT2D eigenvalue weighted by atomic mass is 9.98. The summed E-state index contributed by atoms with van der Waals surface area (Å²) in [6, 6.07) is 2.51. The van der Waals surface area contributed by atoms with Gasteiger partial charge < -0.3 is 15.6 Å². The summed E-state index contributed by atoms with van der Waals surface area (Å²) in [6.07, 6.45) is 0. The van der Waals surface area contributed by atoms with Gasteiger partial charge in [0.25, 0.3) is 0 Å². The molecule has 1 aromatic rings. The lowest BCUT2D eigenvalue weighted by Crippen LogP contribution is -2.22. The van der Waals surface area contributed by atoms with E-state index in [2.05, 4.69) is 0 Å². The van der Waals surface area contributed by atoms with Gasteiger partial charge in [-0.25, -0.2) is 4.39 Å². The molecule has 0 spiro atoms. The van der Waals surface area contributed by atoms with Crippen LogP contribution in [0.2, 0.25) is 5.02 Å². The first-order valence-corrected chi connectivity index (χ1v) is 4.84. The van der Waals surface area contributed by atoms with Crippen LogP contribution < -0.4 is 10.5 Å². The molecule has 0 radical (unpaired) electrons. The van der Waals surface area contributed by atoms with E-state index in [1.54, 1.807) is 0 Å². The molecule has 1 rings (SSSR count). The molecule has 0 aliphatic rings. The number of rotatable bonds is 4. The highest BCUT2D eigenvalue weighted by Gasteiger charge is 2.24. The fraction of sp³-hybridized carbons (Fsp3) is 0.300. The highest BCUT2D eigenvalue weighted by Crippen LogP contribution is 2.30. The minimum atomic E-state index is -1.20. The lowest BCUT2D eigenvalue weighted by Gasteiger charge is -2.13. The van der Waals surface area contributed by atoms with Gasteiger partial charge in [-0.15, -0.1) is 0 Å². The Hall–Kier alpha value is -1.33. The molecular formula is C10H11ClFNO3. The number of methoxy groups -OCH3 is 1. The van der Waals surface area contributed by atoms with Gasteiger partial charge in [0.2, 0.25) is 0 Å². The summed E-state index contributed by atoms with van der Waals surface area (Å²) in [5, 5.41) is 9.08. The number of aliphatic carboxylic acids is 1. The van der Waals surface area contributed by atoms with Gasteiger partial charge in [-0.2, -0.15) is 0 Å². The summed E-state index contributed by atoms with van der Waals surface area (Å²) >= 11 is 5.73. The van der Waals surface area contributed by atoms with Crippen molar-refractivity contribution in [3.8, 4) is 5.75 Å². The number of halogens is 2. The number of nitrogens with two attached hydrogens (primary N) is 1. The van der Waals surface area contributed by atoms with Gasteiger partial charge in [0, 0.05) is 23.2 Å². The molecule has 0 bridgehead atoms. The molecule has 88 valence electrons. The number of ether oxygens (including phenoxy) is 1. The van der Waals surface area contributed by atoms with E-state index in [1.807, 2.05) is 0 Å². The number of carbonyl (C=O) groups is 1. The maximum absolute atomic E-state index is 13.7. The van der Waals surface area contributed by atoms with E-state index in [-0.39, 0.29) is 22.9 Å². The Morgan fingerprint density at radius 3 is 2.75 bits per heavy atom. The summed E-state index contributed by atoms with van der Waals surface area (Å²) in [5.74, 6) is -3.18. The smallest absolute Gasteiger partial charge is 0.312 e. The van der Waals surface area contributed by atoms with E-state index in [9.17, 15) is 9.18 Å². The zero-order valence-corrected chi connectivity index (χ0v) is 9.29. The van der Waals surface area contributed by atoms with Gasteiger partial charge in [-0.05, 0) is 6.07 Å². The van der Waals surface area contributed by atoms with Crippen LogP contribution in [0.5, 0.6) is 5.75 Å². The molecule has 0 aliphatic heterocycles. The summed E-state index contributed by atoms with van der Waals surface area (Å²) < 4.78 is 18.5. The molecule has 1 atom stereocenters. The Balaban J connectivity index is 3.31. The van der Waals surface area contributed by atoms with E-state index in [4.69, 9.17) is 27.2 Å². The van der Waals surface area contributed by atoms with Crippen LogP contribution >= 0.6 is 11.6 Å². The minimum Gasteiger partial charge on any atom is -0.494 e. The van der Waals surface area contributed by atoms with Crippen molar-refractivity contribution in [2.75, 3.05) is 13.7 Å². The Labute approximate surface area is 96.8 Å². The van der Waals surface area contributed by atoms with E-state index in [0.717, 1.165) is 0 Å². The molecule has 0 heterocycles. The molecule has 1 aromatic carbocycles. The Morgan fingerprint density at radius 2 is 2.31 bits per heavy atom. The number of benzene rings is 1. The third-order valence-corrected chi connectivity index (χ3v) is 2.38. The summed E-state index contributed by atoms with van der Waals surface area (Å²) in [6.45, 7) is -0.213. The first-order chi connectivity index (χ1) is 7.51. The van der Waals surface area contributed by atoms with Gasteiger partial charge in [-0.3, -0.25) is 4.79 Å². The molecule has 6 heteroatoms. The van der Waals surface area contributed by atoms with Gasteiger partial charge in [0.1, 0.15) is 0 Å². The molecule has 0 aliphatic carbocycles. The highest BCUT2D eigenvalue weighted by molar-refractivity contribution is 6.30. The second-order valence-electron chi connectivity index (χ2n) is 3.14. The largest absolute Gasteiger partial charge is 0.494 e. The average molecular weight is 248 g/mol. The predicted octanol–water partition coefficient (Wildman–Crippen LogP) is 1.61. The van der Waals surface area contributed by atoms with Crippen molar-refractivity contribution >= 4 is 17.6 Å². The number of carboxylic acid groups (broad SMARTS) is 1. The molecule has 0 aromatic heterocycles. The number of hydrogen-bond donors (Lipinski definition) is 2. The van der Waals surface area contributed by atoms with Crippen molar-refractivity contribution in [3.05, 3.63) is 28.5 Å². The molecule has 0 amide bonds. The van der Waals surface area contributed by atoms with E-state index < -0.39 is 17.7 Å². The molecule has 1 unspecified atom stereocenters. The van der Waals surface area contributed by atoms with Crippen molar-refractivity contribution in [3.63, 3.8) is 0 Å². The predicted molar refractivity (Wildman–Crippen MR) is 57.4 cm³/mol. The summed E-state index contributed by atoms with van der Waals surface area (Å²) in [5.41, 5.74) is 5.21. The fourth-order valence-corrected chi connectivity index (χ4v) is 1.56. The van der Waals surface area contributed by atoms with Crippen LogP contribution in [-0.2, 0) is 4.79 Å². The van der Waals surface area contributed by atoms with Gasteiger partial charge in [0.15, 0.2) is 11.6 Å². The quantitative estimate of drug-likeness (QED) is 0.848. The monoisotopic (exact) mass is 247 g/mol. The lowest BCUT2D eigenvalue weighted by molar-refractivity contribution is -0.138. The number of hydrogen-bond acceptors (Lipinski definition) is 3. The Morgan fingerprint density at radius 1 is 1.69 bits per heavy atom. The minimum absolute atomic E-state index is 0.0700. The van der Waals surface area contributed by atoms with Crippen LogP contribution in [0.25, 0.3) is 0 Å². The van der Waals surface area contributed by atoms with Gasteiger partial charge in [0.05, 0.1) is 13.0 Å². The standard InChI is InChI=1S/C10H11ClFNO3/c1-16-8-3-5(11)2-6(9(8)12)7(4-13)10(14)15/h2-3,7H,4,13H2,1H3,(H,14,15). The molecule has 16 heavy (non-hydrogen) atoms. The van der Waals surface area contributed by atoms with Crippen LogP contribution in [0.1, 0.15) is 11.5 Å². The third-order valence-electron chi connectivity index (χ3n) is 2.16. The van der Waals surface area contributed by atoms with Crippen LogP contribution in [0.15, 0.2) is 12.1 Å². The van der Waals surface area contributed by atoms with Crippen molar-refractivity contribution in [1.82, 2.24) is 0 Å². The third kappa shape index (κ3) is 2.43. The molecule has 0 saturated heterocycles. The number of carboxylic acids is 1. The first kappa shape index (κ1) is 12.7. The van der Waals surface area contributed by atoms with E-state index in [1.165, 1.54) is 19.2 Å². The van der Waals surface area contributed by atoms with Crippen molar-refractivity contribution in [1.29, 1.82) is 0 Å². The molecule has 0 saturated carbocycles. The Kier molecular flexibility index (Phi) is 4.09. The van der Waals surface area contributed by atoms with E-state index >= 15 is 0 Å².